The van der Waals surface area contributed by atoms with Gasteiger partial charge in [-0.15, -0.1) is 0 Å². The van der Waals surface area contributed by atoms with Gasteiger partial charge >= 0.3 is 0 Å². The molecule has 9 rings (SSSR count). The minimum absolute atomic E-state index is 0.0873. The molecule has 244 valence electrons. The summed E-state index contributed by atoms with van der Waals surface area (Å²) >= 11 is 0. The summed E-state index contributed by atoms with van der Waals surface area (Å²) in [6.45, 7) is 14.1. The fraction of sp³-hybridized carbons (Fsp3) is 0.184. The molecule has 0 bridgehead atoms. The summed E-state index contributed by atoms with van der Waals surface area (Å²) in [4.78, 5) is 2.53. The van der Waals surface area contributed by atoms with Gasteiger partial charge < -0.3 is 4.90 Å². The largest absolute Gasteiger partial charge is 0.310 e. The Kier molecular flexibility index (Phi) is 6.78. The zero-order valence-corrected chi connectivity index (χ0v) is 29.9. The van der Waals surface area contributed by atoms with Crippen molar-refractivity contribution in [1.29, 1.82) is 0 Å². The van der Waals surface area contributed by atoms with Gasteiger partial charge in [0.25, 0.3) is 0 Å². The first-order valence-corrected chi connectivity index (χ1v) is 18.0. The van der Waals surface area contributed by atoms with E-state index in [0.29, 0.717) is 5.92 Å². The number of hydrogen-bond donors (Lipinski definition) is 0. The molecule has 2 aliphatic rings. The van der Waals surface area contributed by atoms with Gasteiger partial charge in [0, 0.05) is 27.9 Å². The lowest BCUT2D eigenvalue weighted by Gasteiger charge is -2.32. The lowest BCUT2D eigenvalue weighted by molar-refractivity contribution is 0.660. The molecule has 1 heteroatoms. The van der Waals surface area contributed by atoms with E-state index < -0.39 is 0 Å². The molecule has 0 heterocycles. The molecule has 7 aromatic rings. The van der Waals surface area contributed by atoms with Gasteiger partial charge in [0.1, 0.15) is 0 Å². The van der Waals surface area contributed by atoms with Crippen molar-refractivity contribution in [3.63, 3.8) is 0 Å². The monoisotopic (exact) mass is 645 g/mol. The van der Waals surface area contributed by atoms with E-state index in [1.54, 1.807) is 0 Å². The van der Waals surface area contributed by atoms with Crippen LogP contribution in [0.3, 0.4) is 0 Å². The second-order valence-corrected chi connectivity index (χ2v) is 15.6. The topological polar surface area (TPSA) is 3.24 Å². The number of rotatable bonds is 5. The Morgan fingerprint density at radius 2 is 0.900 bits per heavy atom. The fourth-order valence-electron chi connectivity index (χ4n) is 8.86. The van der Waals surface area contributed by atoms with Crippen molar-refractivity contribution in [2.45, 2.75) is 58.3 Å². The van der Waals surface area contributed by atoms with Crippen LogP contribution in [-0.2, 0) is 10.8 Å². The summed E-state index contributed by atoms with van der Waals surface area (Å²) in [5, 5.41) is 2.54. The predicted octanol–water partition coefficient (Wildman–Crippen LogP) is 13.7. The third kappa shape index (κ3) is 4.53. The molecule has 0 radical (unpaired) electrons. The third-order valence-electron chi connectivity index (χ3n) is 11.6. The Hall–Kier alpha value is -5.40. The zero-order chi connectivity index (χ0) is 34.4. The molecule has 50 heavy (non-hydrogen) atoms. The normalized spacial score (nSPS) is 14.7. The molecule has 7 aromatic carbocycles. The maximum absolute atomic E-state index is 2.53. The van der Waals surface area contributed by atoms with Gasteiger partial charge in [0.2, 0.25) is 0 Å². The van der Waals surface area contributed by atoms with Gasteiger partial charge in [-0.05, 0) is 120 Å². The quantitative estimate of drug-likeness (QED) is 0.180. The minimum atomic E-state index is -0.0873. The Morgan fingerprint density at radius 1 is 0.420 bits per heavy atom. The van der Waals surface area contributed by atoms with E-state index in [1.807, 2.05) is 0 Å². The van der Waals surface area contributed by atoms with Gasteiger partial charge in [0.15, 0.2) is 0 Å². The van der Waals surface area contributed by atoms with Gasteiger partial charge in [-0.2, -0.15) is 0 Å². The molecular formula is C49H43N. The molecule has 0 fully saturated rings. The van der Waals surface area contributed by atoms with E-state index in [9.17, 15) is 0 Å². The van der Waals surface area contributed by atoms with Gasteiger partial charge in [0.05, 0.1) is 0 Å². The first-order chi connectivity index (χ1) is 24.1. The molecular weight excluding hydrogens is 603 g/mol. The molecule has 1 nitrogen and oxygen atoms in total. The Labute approximate surface area is 296 Å². The Balaban J connectivity index is 1.25. The standard InChI is InChI=1S/C49H43N/c1-31(2)42-28-35(34-20-19-32-13-7-8-14-33(32)27-34)21-26-47(42)50(36-22-24-40-38-15-9-11-17-43(38)48(3,4)45(40)29-36)37-23-25-41-39-16-10-12-18-44(39)49(5,6)46(41)30-37/h7-31H,1-6H3. The van der Waals surface area contributed by atoms with E-state index in [1.165, 1.54) is 89.0 Å². The van der Waals surface area contributed by atoms with Crippen LogP contribution in [0.25, 0.3) is 44.2 Å². The lowest BCUT2D eigenvalue weighted by Crippen LogP contribution is -2.18. The van der Waals surface area contributed by atoms with Crippen molar-refractivity contribution in [2.75, 3.05) is 4.90 Å². The average Bonchev–Trinajstić information content (AvgIpc) is 3.51. The van der Waals surface area contributed by atoms with Crippen LogP contribution in [-0.4, -0.2) is 0 Å². The molecule has 0 saturated heterocycles. The highest BCUT2D eigenvalue weighted by Gasteiger charge is 2.38. The van der Waals surface area contributed by atoms with E-state index in [2.05, 4.69) is 192 Å². The first kappa shape index (κ1) is 30.6. The van der Waals surface area contributed by atoms with Crippen LogP contribution in [0.5, 0.6) is 0 Å². The van der Waals surface area contributed by atoms with Crippen molar-refractivity contribution in [3.8, 4) is 33.4 Å². The number of fused-ring (bicyclic) bond motifs is 7. The molecule has 0 amide bonds. The van der Waals surface area contributed by atoms with Crippen molar-refractivity contribution in [3.05, 3.63) is 173 Å². The van der Waals surface area contributed by atoms with Crippen LogP contribution in [0.15, 0.2) is 146 Å². The second kappa shape index (κ2) is 11.1. The number of anilines is 3. The molecule has 0 saturated carbocycles. The molecule has 0 aliphatic heterocycles. The Morgan fingerprint density at radius 3 is 1.48 bits per heavy atom. The zero-order valence-electron chi connectivity index (χ0n) is 29.9. The van der Waals surface area contributed by atoms with E-state index >= 15 is 0 Å². The highest BCUT2D eigenvalue weighted by Crippen LogP contribution is 2.53. The van der Waals surface area contributed by atoms with Crippen molar-refractivity contribution in [2.24, 2.45) is 0 Å². The molecule has 0 atom stereocenters. The summed E-state index contributed by atoms with van der Waals surface area (Å²) in [5.74, 6) is 0.318. The van der Waals surface area contributed by atoms with Crippen LogP contribution >= 0.6 is 0 Å². The number of hydrogen-bond acceptors (Lipinski definition) is 1. The van der Waals surface area contributed by atoms with Gasteiger partial charge in [-0.25, -0.2) is 0 Å². The number of nitrogens with zero attached hydrogens (tertiary/aromatic N) is 1. The maximum Gasteiger partial charge on any atom is 0.0496 e. The summed E-state index contributed by atoms with van der Waals surface area (Å²) in [7, 11) is 0. The fourth-order valence-corrected chi connectivity index (χ4v) is 8.86. The van der Waals surface area contributed by atoms with E-state index in [0.717, 1.165) is 0 Å². The molecule has 0 aromatic heterocycles. The van der Waals surface area contributed by atoms with Gasteiger partial charge in [-0.1, -0.05) is 145 Å². The maximum atomic E-state index is 2.53. The van der Waals surface area contributed by atoms with Crippen LogP contribution in [0.4, 0.5) is 17.1 Å². The highest BCUT2D eigenvalue weighted by molar-refractivity contribution is 5.91. The Bertz CT molecular complexity index is 2370. The SMILES string of the molecule is CC(C)c1cc(-c2ccc3ccccc3c2)ccc1N(c1ccc2c(c1)C(C)(C)c1ccccc1-2)c1ccc2c(c1)C(C)(C)c1ccccc1-2. The average molecular weight is 646 g/mol. The van der Waals surface area contributed by atoms with E-state index in [-0.39, 0.29) is 10.8 Å². The summed E-state index contributed by atoms with van der Waals surface area (Å²) in [5.41, 5.74) is 18.2. The third-order valence-corrected chi connectivity index (χ3v) is 11.6. The molecule has 0 N–H and O–H groups in total. The van der Waals surface area contributed by atoms with Gasteiger partial charge in [-0.3, -0.25) is 0 Å². The van der Waals surface area contributed by atoms with Crippen LogP contribution in [0, 0.1) is 0 Å². The number of benzene rings is 7. The van der Waals surface area contributed by atoms with Crippen molar-refractivity contribution >= 4 is 27.8 Å². The van der Waals surface area contributed by atoms with Crippen LogP contribution in [0.2, 0.25) is 0 Å². The van der Waals surface area contributed by atoms with Crippen LogP contribution < -0.4 is 4.90 Å². The highest BCUT2D eigenvalue weighted by atomic mass is 15.1. The lowest BCUT2D eigenvalue weighted by atomic mass is 9.82. The minimum Gasteiger partial charge on any atom is -0.310 e. The summed E-state index contributed by atoms with van der Waals surface area (Å²) < 4.78 is 0. The summed E-state index contributed by atoms with van der Waals surface area (Å²) in [6.07, 6.45) is 0. The molecule has 2 aliphatic carbocycles. The smallest absolute Gasteiger partial charge is 0.0496 e. The van der Waals surface area contributed by atoms with Crippen molar-refractivity contribution in [1.82, 2.24) is 0 Å². The van der Waals surface area contributed by atoms with E-state index in [4.69, 9.17) is 0 Å². The predicted molar refractivity (Wildman–Crippen MR) is 213 cm³/mol. The molecule has 0 unspecified atom stereocenters. The summed E-state index contributed by atoms with van der Waals surface area (Å²) in [6, 6.07) is 54.7. The second-order valence-electron chi connectivity index (χ2n) is 15.6. The van der Waals surface area contributed by atoms with Crippen molar-refractivity contribution < 1.29 is 0 Å². The molecule has 0 spiro atoms. The first-order valence-electron chi connectivity index (χ1n) is 18.0. The van der Waals surface area contributed by atoms with Crippen LogP contribution in [0.1, 0.15) is 75.3 Å².